The SMILES string of the molecule is CN(C)CCOCCNc1cccc(Cl)c1C(N)=S. The molecule has 0 aliphatic carbocycles. The van der Waals surface area contributed by atoms with Crippen molar-refractivity contribution in [3.8, 4) is 0 Å². The van der Waals surface area contributed by atoms with Crippen LogP contribution in [-0.2, 0) is 4.74 Å². The fourth-order valence-corrected chi connectivity index (χ4v) is 2.08. The Morgan fingerprint density at radius 3 is 2.79 bits per heavy atom. The van der Waals surface area contributed by atoms with Crippen molar-refractivity contribution in [1.29, 1.82) is 0 Å². The Morgan fingerprint density at radius 2 is 2.16 bits per heavy atom. The molecule has 0 fully saturated rings. The number of benzene rings is 1. The lowest BCUT2D eigenvalue weighted by molar-refractivity contribution is 0.126. The standard InChI is InChI=1S/C13H20ClN3OS/c1-17(2)7-9-18-8-6-16-11-5-3-4-10(14)12(11)13(15)19/h3-5,16H,6-9H2,1-2H3,(H2,15,19). The lowest BCUT2D eigenvalue weighted by atomic mass is 10.1. The van der Waals surface area contributed by atoms with Crippen molar-refractivity contribution in [3.63, 3.8) is 0 Å². The summed E-state index contributed by atoms with van der Waals surface area (Å²) in [5, 5.41) is 3.79. The number of nitrogens with two attached hydrogens (primary N) is 1. The summed E-state index contributed by atoms with van der Waals surface area (Å²) >= 11 is 11.1. The van der Waals surface area contributed by atoms with E-state index in [4.69, 9.17) is 34.3 Å². The summed E-state index contributed by atoms with van der Waals surface area (Å²) in [6, 6.07) is 5.54. The highest BCUT2D eigenvalue weighted by molar-refractivity contribution is 7.80. The number of halogens is 1. The second kappa shape index (κ2) is 8.32. The van der Waals surface area contributed by atoms with Gasteiger partial charge in [-0.15, -0.1) is 0 Å². The molecule has 0 unspecified atom stereocenters. The van der Waals surface area contributed by atoms with E-state index in [0.717, 1.165) is 12.2 Å². The van der Waals surface area contributed by atoms with Crippen LogP contribution in [0.5, 0.6) is 0 Å². The van der Waals surface area contributed by atoms with Crippen LogP contribution in [0.15, 0.2) is 18.2 Å². The molecule has 0 aliphatic heterocycles. The largest absolute Gasteiger partial charge is 0.389 e. The molecule has 0 amide bonds. The van der Waals surface area contributed by atoms with Gasteiger partial charge in [0.1, 0.15) is 4.99 Å². The fourth-order valence-electron chi connectivity index (χ4n) is 1.53. The molecule has 0 spiro atoms. The molecule has 0 saturated heterocycles. The van der Waals surface area contributed by atoms with E-state index in [2.05, 4.69) is 10.2 Å². The Kier molecular flexibility index (Phi) is 7.09. The van der Waals surface area contributed by atoms with Gasteiger partial charge in [-0.25, -0.2) is 0 Å². The molecule has 0 aliphatic rings. The van der Waals surface area contributed by atoms with Crippen molar-refractivity contribution in [3.05, 3.63) is 28.8 Å². The first-order chi connectivity index (χ1) is 9.02. The minimum Gasteiger partial charge on any atom is -0.389 e. The molecule has 1 rings (SSSR count). The molecule has 3 N–H and O–H groups in total. The van der Waals surface area contributed by atoms with Crippen molar-refractivity contribution in [2.75, 3.05) is 45.7 Å². The van der Waals surface area contributed by atoms with Crippen molar-refractivity contribution in [1.82, 2.24) is 4.90 Å². The minimum atomic E-state index is 0.293. The molecule has 0 heterocycles. The molecule has 1 aromatic carbocycles. The van der Waals surface area contributed by atoms with Gasteiger partial charge in [0.25, 0.3) is 0 Å². The van der Waals surface area contributed by atoms with Crippen LogP contribution in [0.1, 0.15) is 5.56 Å². The van der Waals surface area contributed by atoms with Gasteiger partial charge in [0, 0.05) is 18.8 Å². The molecule has 4 nitrogen and oxygen atoms in total. The van der Waals surface area contributed by atoms with E-state index < -0.39 is 0 Å². The van der Waals surface area contributed by atoms with Crippen LogP contribution >= 0.6 is 23.8 Å². The smallest absolute Gasteiger partial charge is 0.107 e. The van der Waals surface area contributed by atoms with Gasteiger partial charge in [0.05, 0.1) is 23.8 Å². The number of hydrogen-bond donors (Lipinski definition) is 2. The number of nitrogens with one attached hydrogen (secondary N) is 1. The number of nitrogens with zero attached hydrogens (tertiary/aromatic N) is 1. The summed E-state index contributed by atoms with van der Waals surface area (Å²) in [6.45, 7) is 2.93. The van der Waals surface area contributed by atoms with Gasteiger partial charge in [-0.1, -0.05) is 29.9 Å². The Labute approximate surface area is 124 Å². The highest BCUT2D eigenvalue weighted by Crippen LogP contribution is 2.23. The molecule has 6 heteroatoms. The van der Waals surface area contributed by atoms with Gasteiger partial charge >= 0.3 is 0 Å². The van der Waals surface area contributed by atoms with Gasteiger partial charge in [0.2, 0.25) is 0 Å². The average Bonchev–Trinajstić information content (AvgIpc) is 2.32. The lowest BCUT2D eigenvalue weighted by Crippen LogP contribution is -2.20. The maximum absolute atomic E-state index is 6.08. The summed E-state index contributed by atoms with van der Waals surface area (Å²) < 4.78 is 5.50. The van der Waals surface area contributed by atoms with Crippen LogP contribution < -0.4 is 11.1 Å². The maximum Gasteiger partial charge on any atom is 0.107 e. The van der Waals surface area contributed by atoms with Crippen LogP contribution in [0.4, 0.5) is 5.69 Å². The van der Waals surface area contributed by atoms with E-state index in [1.807, 2.05) is 26.2 Å². The highest BCUT2D eigenvalue weighted by atomic mass is 35.5. The van der Waals surface area contributed by atoms with Crippen molar-refractivity contribution in [2.24, 2.45) is 5.73 Å². The molecule has 19 heavy (non-hydrogen) atoms. The Bertz CT molecular complexity index is 426. The van der Waals surface area contributed by atoms with Gasteiger partial charge in [-0.2, -0.15) is 0 Å². The van der Waals surface area contributed by atoms with E-state index in [9.17, 15) is 0 Å². The minimum absolute atomic E-state index is 0.293. The Balaban J connectivity index is 2.41. The van der Waals surface area contributed by atoms with Crippen molar-refractivity contribution < 1.29 is 4.74 Å². The van der Waals surface area contributed by atoms with E-state index in [0.29, 0.717) is 35.3 Å². The highest BCUT2D eigenvalue weighted by Gasteiger charge is 2.08. The summed E-state index contributed by atoms with van der Waals surface area (Å²) in [7, 11) is 4.03. The molecule has 1 aromatic rings. The number of hydrogen-bond acceptors (Lipinski definition) is 4. The summed E-state index contributed by atoms with van der Waals surface area (Å²) in [5.74, 6) is 0. The van der Waals surface area contributed by atoms with E-state index in [1.165, 1.54) is 0 Å². The van der Waals surface area contributed by atoms with Gasteiger partial charge in [0.15, 0.2) is 0 Å². The second-order valence-corrected chi connectivity index (χ2v) is 5.22. The van der Waals surface area contributed by atoms with Gasteiger partial charge < -0.3 is 20.7 Å². The molecule has 0 saturated carbocycles. The first-order valence-corrected chi connectivity index (χ1v) is 6.85. The van der Waals surface area contributed by atoms with Gasteiger partial charge in [-0.05, 0) is 26.2 Å². The Hall–Kier alpha value is -0.880. The van der Waals surface area contributed by atoms with Crippen LogP contribution in [0.3, 0.4) is 0 Å². The summed E-state index contributed by atoms with van der Waals surface area (Å²) in [6.07, 6.45) is 0. The molecule has 0 atom stereocenters. The average molecular weight is 302 g/mol. The quantitative estimate of drug-likeness (QED) is 0.568. The third-order valence-corrected chi connectivity index (χ3v) is 3.02. The molecule has 106 valence electrons. The first-order valence-electron chi connectivity index (χ1n) is 6.07. The van der Waals surface area contributed by atoms with E-state index in [1.54, 1.807) is 6.07 Å². The van der Waals surface area contributed by atoms with Crippen LogP contribution in [0.25, 0.3) is 0 Å². The topological polar surface area (TPSA) is 50.5 Å². The van der Waals surface area contributed by atoms with Crippen LogP contribution in [-0.4, -0.2) is 50.3 Å². The molecule has 0 bridgehead atoms. The lowest BCUT2D eigenvalue weighted by Gasteiger charge is -2.13. The first kappa shape index (κ1) is 16.2. The predicted octanol–water partition coefficient (Wildman–Crippen LogP) is 1.96. The predicted molar refractivity (Wildman–Crippen MR) is 85.2 cm³/mol. The third-order valence-electron chi connectivity index (χ3n) is 2.50. The Morgan fingerprint density at radius 1 is 1.42 bits per heavy atom. The number of likely N-dealkylation sites (N-methyl/N-ethyl adjacent to an activating group) is 1. The third kappa shape index (κ3) is 5.74. The van der Waals surface area contributed by atoms with Crippen LogP contribution in [0.2, 0.25) is 5.02 Å². The normalized spacial score (nSPS) is 10.7. The van der Waals surface area contributed by atoms with Gasteiger partial charge in [-0.3, -0.25) is 0 Å². The molecular weight excluding hydrogens is 282 g/mol. The number of ether oxygens (including phenoxy) is 1. The molecular formula is C13H20ClN3OS. The summed E-state index contributed by atoms with van der Waals surface area (Å²) in [4.78, 5) is 2.37. The zero-order valence-corrected chi connectivity index (χ0v) is 12.9. The van der Waals surface area contributed by atoms with E-state index in [-0.39, 0.29) is 0 Å². The molecule has 0 radical (unpaired) electrons. The molecule has 0 aromatic heterocycles. The van der Waals surface area contributed by atoms with Crippen molar-refractivity contribution >= 4 is 34.5 Å². The zero-order chi connectivity index (χ0) is 14.3. The van der Waals surface area contributed by atoms with Crippen molar-refractivity contribution in [2.45, 2.75) is 0 Å². The summed E-state index contributed by atoms with van der Waals surface area (Å²) in [5.41, 5.74) is 7.20. The number of rotatable bonds is 8. The zero-order valence-electron chi connectivity index (χ0n) is 11.3. The van der Waals surface area contributed by atoms with Crippen LogP contribution in [0, 0.1) is 0 Å². The fraction of sp³-hybridized carbons (Fsp3) is 0.462. The number of thiocarbonyl (C=S) groups is 1. The maximum atomic E-state index is 6.08. The monoisotopic (exact) mass is 301 g/mol. The number of anilines is 1. The van der Waals surface area contributed by atoms with E-state index >= 15 is 0 Å². The second-order valence-electron chi connectivity index (χ2n) is 4.37.